The maximum atomic E-state index is 4.69. The van der Waals surface area contributed by atoms with Crippen molar-refractivity contribution in [2.45, 2.75) is 13.1 Å². The van der Waals surface area contributed by atoms with Crippen LogP contribution in [0.5, 0.6) is 0 Å². The second-order valence-corrected chi connectivity index (χ2v) is 7.34. The molecule has 0 saturated carbocycles. The molecule has 29 heavy (non-hydrogen) atoms. The fourth-order valence-corrected chi connectivity index (χ4v) is 3.80. The minimum Gasteiger partial charge on any atom is -0.298 e. The van der Waals surface area contributed by atoms with Crippen LogP contribution in [0.25, 0.3) is 27.5 Å². The van der Waals surface area contributed by atoms with E-state index in [4.69, 9.17) is 4.98 Å². The van der Waals surface area contributed by atoms with Crippen molar-refractivity contribution in [3.63, 3.8) is 0 Å². The summed E-state index contributed by atoms with van der Waals surface area (Å²) in [6, 6.07) is 18.7. The molecule has 2 aromatic carbocycles. The number of nitrogens with zero attached hydrogens (tertiary/aromatic N) is 5. The van der Waals surface area contributed by atoms with Gasteiger partial charge in [0, 0.05) is 54.4 Å². The minimum absolute atomic E-state index is 0.797. The van der Waals surface area contributed by atoms with Crippen molar-refractivity contribution in [2.75, 3.05) is 7.05 Å². The van der Waals surface area contributed by atoms with Crippen LogP contribution in [0, 0.1) is 0 Å². The van der Waals surface area contributed by atoms with Crippen LogP contribution in [0.15, 0.2) is 85.6 Å². The summed E-state index contributed by atoms with van der Waals surface area (Å²) in [5.41, 5.74) is 5.49. The molecule has 0 spiro atoms. The van der Waals surface area contributed by atoms with E-state index in [1.54, 1.807) is 0 Å². The molecule has 5 heteroatoms. The van der Waals surface area contributed by atoms with Gasteiger partial charge in [0.05, 0.1) is 6.20 Å². The van der Waals surface area contributed by atoms with Gasteiger partial charge in [0.25, 0.3) is 0 Å². The van der Waals surface area contributed by atoms with E-state index in [-0.39, 0.29) is 0 Å². The SMILES string of the molecule is CN(Cc1cnc2c(-c3ccccc3)cnn2c1)Cc1cccc2cnccc12. The van der Waals surface area contributed by atoms with Crippen molar-refractivity contribution < 1.29 is 0 Å². The Bertz CT molecular complexity index is 1270. The average molecular weight is 379 g/mol. The molecule has 0 radical (unpaired) electrons. The molecule has 3 aromatic heterocycles. The van der Waals surface area contributed by atoms with Crippen LogP contribution in [0.3, 0.4) is 0 Å². The van der Waals surface area contributed by atoms with E-state index >= 15 is 0 Å². The Balaban J connectivity index is 1.37. The van der Waals surface area contributed by atoms with Crippen molar-refractivity contribution >= 4 is 16.4 Å². The van der Waals surface area contributed by atoms with E-state index in [1.807, 2.05) is 47.5 Å². The summed E-state index contributed by atoms with van der Waals surface area (Å²) in [6.45, 7) is 1.65. The average Bonchev–Trinajstić information content (AvgIpc) is 3.18. The highest BCUT2D eigenvalue weighted by Gasteiger charge is 2.10. The van der Waals surface area contributed by atoms with Gasteiger partial charge in [0.2, 0.25) is 0 Å². The smallest absolute Gasteiger partial charge is 0.162 e. The predicted octanol–water partition coefficient (Wildman–Crippen LogP) is 4.58. The molecule has 0 aliphatic carbocycles. The molecule has 0 saturated heterocycles. The molecule has 0 bridgehead atoms. The number of pyridine rings is 1. The van der Waals surface area contributed by atoms with E-state index in [0.717, 1.165) is 35.4 Å². The van der Waals surface area contributed by atoms with E-state index in [1.165, 1.54) is 16.3 Å². The molecule has 0 unspecified atom stereocenters. The van der Waals surface area contributed by atoms with Crippen LogP contribution in [-0.2, 0) is 13.1 Å². The van der Waals surface area contributed by atoms with E-state index in [2.05, 4.69) is 64.6 Å². The Labute approximate surface area is 169 Å². The highest BCUT2D eigenvalue weighted by atomic mass is 15.2. The van der Waals surface area contributed by atoms with Crippen LogP contribution in [0.2, 0.25) is 0 Å². The highest BCUT2D eigenvalue weighted by Crippen LogP contribution is 2.23. The van der Waals surface area contributed by atoms with Crippen LogP contribution in [-0.4, -0.2) is 31.5 Å². The second-order valence-electron chi connectivity index (χ2n) is 7.34. The Hall–Kier alpha value is -3.57. The van der Waals surface area contributed by atoms with Crippen molar-refractivity contribution in [3.8, 4) is 11.1 Å². The number of hydrogen-bond acceptors (Lipinski definition) is 4. The molecule has 0 aliphatic heterocycles. The molecule has 0 N–H and O–H groups in total. The molecule has 5 rings (SSSR count). The molecule has 0 amide bonds. The molecular formula is C24H21N5. The molecule has 3 heterocycles. The first kappa shape index (κ1) is 17.5. The third-order valence-electron chi connectivity index (χ3n) is 5.16. The first-order valence-electron chi connectivity index (χ1n) is 9.66. The monoisotopic (exact) mass is 379 g/mol. The molecule has 5 aromatic rings. The van der Waals surface area contributed by atoms with Gasteiger partial charge in [-0.1, -0.05) is 48.5 Å². The molecule has 0 atom stereocenters. The third-order valence-corrected chi connectivity index (χ3v) is 5.16. The van der Waals surface area contributed by atoms with E-state index in [0.29, 0.717) is 0 Å². The highest BCUT2D eigenvalue weighted by molar-refractivity contribution is 5.84. The number of hydrogen-bond donors (Lipinski definition) is 0. The zero-order valence-electron chi connectivity index (χ0n) is 16.2. The molecule has 0 fully saturated rings. The van der Waals surface area contributed by atoms with Crippen LogP contribution in [0.4, 0.5) is 0 Å². The van der Waals surface area contributed by atoms with Crippen LogP contribution < -0.4 is 0 Å². The summed E-state index contributed by atoms with van der Waals surface area (Å²) in [7, 11) is 2.13. The summed E-state index contributed by atoms with van der Waals surface area (Å²) < 4.78 is 1.87. The first-order valence-corrected chi connectivity index (χ1v) is 9.66. The largest absolute Gasteiger partial charge is 0.298 e. The van der Waals surface area contributed by atoms with E-state index in [9.17, 15) is 0 Å². The van der Waals surface area contributed by atoms with E-state index < -0.39 is 0 Å². The Morgan fingerprint density at radius 2 is 1.79 bits per heavy atom. The fraction of sp³-hybridized carbons (Fsp3) is 0.125. The van der Waals surface area contributed by atoms with Gasteiger partial charge in [-0.15, -0.1) is 0 Å². The normalized spacial score (nSPS) is 11.5. The summed E-state index contributed by atoms with van der Waals surface area (Å²) in [6.07, 6.45) is 9.67. The first-order chi connectivity index (χ1) is 14.3. The van der Waals surface area contributed by atoms with Gasteiger partial charge in [-0.3, -0.25) is 9.88 Å². The van der Waals surface area contributed by atoms with Gasteiger partial charge in [-0.05, 0) is 29.6 Å². The lowest BCUT2D eigenvalue weighted by atomic mass is 10.1. The lowest BCUT2D eigenvalue weighted by Gasteiger charge is -2.18. The van der Waals surface area contributed by atoms with Crippen molar-refractivity contribution in [2.24, 2.45) is 0 Å². The summed E-state index contributed by atoms with van der Waals surface area (Å²) >= 11 is 0. The Morgan fingerprint density at radius 1 is 0.897 bits per heavy atom. The van der Waals surface area contributed by atoms with Crippen LogP contribution >= 0.6 is 0 Å². The number of benzene rings is 2. The Morgan fingerprint density at radius 3 is 2.69 bits per heavy atom. The van der Waals surface area contributed by atoms with Gasteiger partial charge >= 0.3 is 0 Å². The van der Waals surface area contributed by atoms with Gasteiger partial charge in [-0.2, -0.15) is 5.10 Å². The van der Waals surface area contributed by atoms with Gasteiger partial charge < -0.3 is 0 Å². The summed E-state index contributed by atoms with van der Waals surface area (Å²) in [4.78, 5) is 11.2. The third kappa shape index (κ3) is 3.48. The molecule has 142 valence electrons. The summed E-state index contributed by atoms with van der Waals surface area (Å²) in [5, 5.41) is 6.94. The minimum atomic E-state index is 0.797. The molecular weight excluding hydrogens is 358 g/mol. The quantitative estimate of drug-likeness (QED) is 0.449. The summed E-state index contributed by atoms with van der Waals surface area (Å²) in [5.74, 6) is 0. The van der Waals surface area contributed by atoms with Crippen LogP contribution in [0.1, 0.15) is 11.1 Å². The fourth-order valence-electron chi connectivity index (χ4n) is 3.80. The second kappa shape index (κ2) is 7.45. The standard InChI is InChI=1S/C24H21N5/c1-28(17-21-9-5-8-20-13-25-11-10-22(20)21)15-18-12-26-24-23(14-27-29(24)16-18)19-6-3-2-4-7-19/h2-14,16H,15,17H2,1H3. The van der Waals surface area contributed by atoms with Gasteiger partial charge in [0.1, 0.15) is 0 Å². The number of rotatable bonds is 5. The van der Waals surface area contributed by atoms with Gasteiger partial charge in [-0.25, -0.2) is 9.50 Å². The zero-order chi connectivity index (χ0) is 19.6. The van der Waals surface area contributed by atoms with Crippen molar-refractivity contribution in [3.05, 3.63) is 96.7 Å². The maximum Gasteiger partial charge on any atom is 0.162 e. The lowest BCUT2D eigenvalue weighted by Crippen LogP contribution is -2.18. The lowest BCUT2D eigenvalue weighted by molar-refractivity contribution is 0.319. The van der Waals surface area contributed by atoms with Crippen molar-refractivity contribution in [1.82, 2.24) is 24.5 Å². The Kier molecular flexibility index (Phi) is 4.50. The molecule has 0 aliphatic rings. The zero-order valence-corrected chi connectivity index (χ0v) is 16.2. The molecule has 5 nitrogen and oxygen atoms in total. The number of fused-ring (bicyclic) bond motifs is 2. The number of aromatic nitrogens is 4. The topological polar surface area (TPSA) is 46.3 Å². The maximum absolute atomic E-state index is 4.69. The van der Waals surface area contributed by atoms with Crippen molar-refractivity contribution in [1.29, 1.82) is 0 Å². The predicted molar refractivity (Wildman–Crippen MR) is 115 cm³/mol. The van der Waals surface area contributed by atoms with Gasteiger partial charge in [0.15, 0.2) is 5.65 Å².